The summed E-state index contributed by atoms with van der Waals surface area (Å²) in [6, 6.07) is 4.17. The van der Waals surface area contributed by atoms with Crippen LogP contribution in [0.1, 0.15) is 24.5 Å². The molecule has 0 heterocycles. The quantitative estimate of drug-likeness (QED) is 0.595. The molecule has 0 spiro atoms. The van der Waals surface area contributed by atoms with E-state index >= 15 is 0 Å². The molecule has 0 saturated carbocycles. The largest absolute Gasteiger partial charge is 0.480 e. The van der Waals surface area contributed by atoms with Crippen LogP contribution in [0.2, 0.25) is 0 Å². The third-order valence-electron chi connectivity index (χ3n) is 2.72. The van der Waals surface area contributed by atoms with Crippen molar-refractivity contribution in [2.24, 2.45) is 0 Å². The summed E-state index contributed by atoms with van der Waals surface area (Å²) in [5.74, 6) is -0.892. The SMILES string of the molecule is CCC(NCc1ccc([N+](=O)[O-])c(C)c1)C(=O)O. The molecule has 1 rings (SSSR count). The van der Waals surface area contributed by atoms with E-state index in [1.54, 1.807) is 26.0 Å². The maximum absolute atomic E-state index is 10.8. The molecule has 18 heavy (non-hydrogen) atoms. The van der Waals surface area contributed by atoms with E-state index in [1.807, 2.05) is 0 Å². The van der Waals surface area contributed by atoms with Gasteiger partial charge in [0.25, 0.3) is 5.69 Å². The molecule has 2 N–H and O–H groups in total. The van der Waals surface area contributed by atoms with Crippen LogP contribution in [-0.4, -0.2) is 22.0 Å². The zero-order valence-corrected chi connectivity index (χ0v) is 10.3. The Morgan fingerprint density at radius 3 is 2.67 bits per heavy atom. The van der Waals surface area contributed by atoms with Gasteiger partial charge in [-0.15, -0.1) is 0 Å². The Balaban J connectivity index is 2.72. The Morgan fingerprint density at radius 1 is 1.56 bits per heavy atom. The number of nitrogens with one attached hydrogen (secondary N) is 1. The van der Waals surface area contributed by atoms with E-state index in [4.69, 9.17) is 5.11 Å². The molecular formula is C12H16N2O4. The van der Waals surface area contributed by atoms with Crippen molar-refractivity contribution in [3.8, 4) is 0 Å². The van der Waals surface area contributed by atoms with Crippen LogP contribution in [0.3, 0.4) is 0 Å². The molecule has 0 amide bonds. The second-order valence-corrected chi connectivity index (χ2v) is 4.06. The van der Waals surface area contributed by atoms with Crippen LogP contribution in [-0.2, 0) is 11.3 Å². The molecule has 0 fully saturated rings. The maximum Gasteiger partial charge on any atom is 0.320 e. The first-order valence-corrected chi connectivity index (χ1v) is 5.65. The van der Waals surface area contributed by atoms with Crippen LogP contribution < -0.4 is 5.32 Å². The van der Waals surface area contributed by atoms with Gasteiger partial charge < -0.3 is 10.4 Å². The van der Waals surface area contributed by atoms with Gasteiger partial charge in [-0.05, 0) is 25.0 Å². The zero-order valence-electron chi connectivity index (χ0n) is 10.3. The van der Waals surface area contributed by atoms with Crippen LogP contribution >= 0.6 is 0 Å². The number of rotatable bonds is 6. The van der Waals surface area contributed by atoms with Gasteiger partial charge in [0.1, 0.15) is 6.04 Å². The van der Waals surface area contributed by atoms with Crippen LogP contribution in [0.4, 0.5) is 5.69 Å². The summed E-state index contributed by atoms with van der Waals surface area (Å²) in [5.41, 5.74) is 1.48. The van der Waals surface area contributed by atoms with Crippen molar-refractivity contribution in [3.05, 3.63) is 39.4 Å². The number of hydrogen-bond acceptors (Lipinski definition) is 4. The Labute approximate surface area is 105 Å². The summed E-state index contributed by atoms with van der Waals surface area (Å²) in [7, 11) is 0. The molecule has 0 radical (unpaired) electrons. The fourth-order valence-corrected chi connectivity index (χ4v) is 1.68. The minimum atomic E-state index is -0.892. The number of carboxylic acids is 1. The molecule has 1 atom stereocenters. The van der Waals surface area contributed by atoms with E-state index in [-0.39, 0.29) is 5.69 Å². The monoisotopic (exact) mass is 252 g/mol. The fourth-order valence-electron chi connectivity index (χ4n) is 1.68. The zero-order chi connectivity index (χ0) is 13.7. The topological polar surface area (TPSA) is 92.5 Å². The second-order valence-electron chi connectivity index (χ2n) is 4.06. The second kappa shape index (κ2) is 6.11. The highest BCUT2D eigenvalue weighted by Gasteiger charge is 2.15. The van der Waals surface area contributed by atoms with E-state index in [0.717, 1.165) is 5.56 Å². The molecule has 0 bridgehead atoms. The summed E-state index contributed by atoms with van der Waals surface area (Å²) in [6.07, 6.45) is 0.487. The van der Waals surface area contributed by atoms with E-state index in [0.29, 0.717) is 18.5 Å². The number of nitro benzene ring substituents is 1. The molecule has 0 saturated heterocycles. The predicted molar refractivity (Wildman–Crippen MR) is 66.4 cm³/mol. The number of benzene rings is 1. The van der Waals surface area contributed by atoms with Gasteiger partial charge in [0.15, 0.2) is 0 Å². The van der Waals surface area contributed by atoms with E-state index < -0.39 is 16.9 Å². The maximum atomic E-state index is 10.8. The summed E-state index contributed by atoms with van der Waals surface area (Å²) in [4.78, 5) is 21.0. The van der Waals surface area contributed by atoms with Gasteiger partial charge >= 0.3 is 5.97 Å². The molecule has 1 unspecified atom stereocenters. The highest BCUT2D eigenvalue weighted by molar-refractivity contribution is 5.73. The van der Waals surface area contributed by atoms with E-state index in [1.165, 1.54) is 6.07 Å². The predicted octanol–water partition coefficient (Wildman–Crippen LogP) is 1.86. The highest BCUT2D eigenvalue weighted by atomic mass is 16.6. The molecule has 1 aromatic rings. The molecule has 0 aliphatic rings. The first-order chi connectivity index (χ1) is 8.45. The number of carboxylic acid groups (broad SMARTS) is 1. The number of aliphatic carboxylic acids is 1. The number of nitro groups is 1. The fraction of sp³-hybridized carbons (Fsp3) is 0.417. The Bertz CT molecular complexity index is 459. The first kappa shape index (κ1) is 14.1. The lowest BCUT2D eigenvalue weighted by Crippen LogP contribution is -2.35. The van der Waals surface area contributed by atoms with Crippen LogP contribution in [0, 0.1) is 17.0 Å². The molecule has 6 heteroatoms. The normalized spacial score (nSPS) is 12.1. The summed E-state index contributed by atoms with van der Waals surface area (Å²) in [6.45, 7) is 3.83. The molecule has 6 nitrogen and oxygen atoms in total. The lowest BCUT2D eigenvalue weighted by molar-refractivity contribution is -0.385. The number of nitrogens with zero attached hydrogens (tertiary/aromatic N) is 1. The molecule has 98 valence electrons. The average Bonchev–Trinajstić information content (AvgIpc) is 2.28. The standard InChI is InChI=1S/C12H16N2O4/c1-3-10(12(15)16)13-7-9-4-5-11(14(17)18)8(2)6-9/h4-6,10,13H,3,7H2,1-2H3,(H,15,16). The van der Waals surface area contributed by atoms with Crippen molar-refractivity contribution in [1.82, 2.24) is 5.32 Å². The van der Waals surface area contributed by atoms with Crippen LogP contribution in [0.15, 0.2) is 18.2 Å². The van der Waals surface area contributed by atoms with Gasteiger partial charge in [-0.25, -0.2) is 0 Å². The number of hydrogen-bond donors (Lipinski definition) is 2. The molecule has 1 aromatic carbocycles. The highest BCUT2D eigenvalue weighted by Crippen LogP contribution is 2.18. The lowest BCUT2D eigenvalue weighted by atomic mass is 10.1. The van der Waals surface area contributed by atoms with Crippen LogP contribution in [0.5, 0.6) is 0 Å². The molecule has 0 aliphatic heterocycles. The summed E-state index contributed by atoms with van der Waals surface area (Å²) >= 11 is 0. The first-order valence-electron chi connectivity index (χ1n) is 5.65. The van der Waals surface area contributed by atoms with Gasteiger partial charge in [0.05, 0.1) is 4.92 Å². The van der Waals surface area contributed by atoms with E-state index in [2.05, 4.69) is 5.32 Å². The van der Waals surface area contributed by atoms with Gasteiger partial charge in [-0.1, -0.05) is 13.0 Å². The van der Waals surface area contributed by atoms with Gasteiger partial charge in [-0.3, -0.25) is 14.9 Å². The van der Waals surface area contributed by atoms with Crippen molar-refractivity contribution < 1.29 is 14.8 Å². The van der Waals surface area contributed by atoms with Crippen molar-refractivity contribution in [2.75, 3.05) is 0 Å². The summed E-state index contributed by atoms with van der Waals surface area (Å²) in [5, 5.41) is 22.4. The van der Waals surface area contributed by atoms with Crippen molar-refractivity contribution >= 4 is 11.7 Å². The molecular weight excluding hydrogens is 236 g/mol. The third-order valence-corrected chi connectivity index (χ3v) is 2.72. The van der Waals surface area contributed by atoms with E-state index in [9.17, 15) is 14.9 Å². The average molecular weight is 252 g/mol. The Hall–Kier alpha value is -1.95. The number of aryl methyl sites for hydroxylation is 1. The third kappa shape index (κ3) is 3.53. The molecule has 0 aromatic heterocycles. The van der Waals surface area contributed by atoms with Crippen molar-refractivity contribution in [3.63, 3.8) is 0 Å². The van der Waals surface area contributed by atoms with Crippen molar-refractivity contribution in [2.45, 2.75) is 32.9 Å². The van der Waals surface area contributed by atoms with Crippen molar-refractivity contribution in [1.29, 1.82) is 0 Å². The number of carbonyl (C=O) groups is 1. The Morgan fingerprint density at radius 2 is 2.22 bits per heavy atom. The summed E-state index contributed by atoms with van der Waals surface area (Å²) < 4.78 is 0. The van der Waals surface area contributed by atoms with Gasteiger partial charge in [0, 0.05) is 18.2 Å². The van der Waals surface area contributed by atoms with Gasteiger partial charge in [-0.2, -0.15) is 0 Å². The minimum Gasteiger partial charge on any atom is -0.480 e. The smallest absolute Gasteiger partial charge is 0.320 e. The lowest BCUT2D eigenvalue weighted by Gasteiger charge is -2.12. The van der Waals surface area contributed by atoms with Crippen LogP contribution in [0.25, 0.3) is 0 Å². The Kier molecular flexibility index (Phi) is 4.79. The minimum absolute atomic E-state index is 0.0732. The molecule has 0 aliphatic carbocycles. The van der Waals surface area contributed by atoms with Gasteiger partial charge in [0.2, 0.25) is 0 Å².